The highest BCUT2D eigenvalue weighted by atomic mass is 32.2. The molecule has 2 aliphatic rings. The minimum Gasteiger partial charge on any atom is -0.427 e. The molecule has 0 amide bonds. The summed E-state index contributed by atoms with van der Waals surface area (Å²) in [5.74, 6) is 2.23. The van der Waals surface area contributed by atoms with Crippen molar-refractivity contribution in [3.05, 3.63) is 126 Å². The van der Waals surface area contributed by atoms with Crippen molar-refractivity contribution in [3.8, 4) is 0 Å². The van der Waals surface area contributed by atoms with Crippen LogP contribution in [0.15, 0.2) is 84.4 Å². The number of ketones is 1. The second kappa shape index (κ2) is 34.3. The predicted octanol–water partition coefficient (Wildman–Crippen LogP) is 4.78. The molecule has 0 aliphatic carbocycles. The third-order valence-corrected chi connectivity index (χ3v) is 7.47. The van der Waals surface area contributed by atoms with Gasteiger partial charge in [-0.1, -0.05) is 48.7 Å². The number of aryl methyl sites for hydroxylation is 7. The Balaban J connectivity index is -0.000000194. The fourth-order valence-corrected chi connectivity index (χ4v) is 4.04. The minimum atomic E-state index is -1.48. The molecule has 8 rings (SSSR count). The zero-order valence-corrected chi connectivity index (χ0v) is 33.7. The van der Waals surface area contributed by atoms with E-state index in [-0.39, 0.29) is 59.6 Å². The molecule has 6 aromatic rings. The van der Waals surface area contributed by atoms with E-state index in [0.717, 1.165) is 42.9 Å². The topological polar surface area (TPSA) is 314 Å². The molecule has 23 nitrogen and oxygen atoms in total. The van der Waals surface area contributed by atoms with E-state index in [1.807, 2.05) is 27.7 Å². The average Bonchev–Trinajstić information content (AvgIpc) is 4.03. The van der Waals surface area contributed by atoms with Crippen LogP contribution in [0.1, 0.15) is 84.5 Å². The third-order valence-electron chi connectivity index (χ3n) is 6.08. The lowest BCUT2D eigenvalue weighted by Crippen LogP contribution is -2.11. The van der Waals surface area contributed by atoms with Crippen LogP contribution >= 0.6 is 11.5 Å². The Morgan fingerprint density at radius 2 is 1.51 bits per heavy atom. The molecular weight excluding hydrogens is 837 g/mol. The van der Waals surface area contributed by atoms with Crippen LogP contribution in [0.25, 0.3) is 0 Å². The maximum Gasteiger partial charge on any atom is 0.309 e. The van der Waals surface area contributed by atoms with Gasteiger partial charge in [0.1, 0.15) is 30.1 Å². The van der Waals surface area contributed by atoms with E-state index in [1.165, 1.54) is 36.5 Å². The molecule has 6 aromatic heterocycles. The summed E-state index contributed by atoms with van der Waals surface area (Å²) >= 11 is -0.109. The number of aromatic nitrogens is 11. The molecule has 25 heteroatoms. The lowest BCUT2D eigenvalue weighted by atomic mass is 10.3. The number of hydroxylamine groups is 1. The maximum atomic E-state index is 10.4. The van der Waals surface area contributed by atoms with Crippen LogP contribution < -0.4 is 27.5 Å². The Labute approximate surface area is 362 Å². The number of hydrogen-bond acceptors (Lipinski definition) is 16. The molecule has 0 fully saturated rings. The quantitative estimate of drug-likeness (QED) is 0.0952. The van der Waals surface area contributed by atoms with E-state index in [1.54, 1.807) is 70.0 Å². The number of carbonyl (C=O) groups excluding carboxylic acids is 1. The fourth-order valence-electron chi connectivity index (χ4n) is 3.07. The maximum absolute atomic E-state index is 10.4. The molecule has 0 saturated heterocycles. The van der Waals surface area contributed by atoms with Crippen LogP contribution in [-0.4, -0.2) is 86.9 Å². The first-order valence-electron chi connectivity index (χ1n) is 15.9. The standard InChI is InChI=1S/C5H8N2O.C5H7NO.2C4H6N2O.C4H5NO2.C4H5NOS.C3H5N3.C2H4N2O2S.5CH4/c1-4-3-5(8)6-7(4)2;1-4-2-6-3-5(4)7;1-4-2-5-3-6(4)7;1-4-2-3-5-6(4)7;2*1-3-2-4(6)5-7-3;1-3-4-2-5-6-3;1-2-3-6-7(5)4-2;;;;;/h3H,1-2H3,(H,6,8);2,6H,3H2,1H3;2*2-3,7H,1H3;2*2H,1H3,(H,5,6);2H,1H3,(H,4,5,6);1H3,(H,3,4);5*1H4. The predicted molar refractivity (Wildman–Crippen MR) is 240 cm³/mol. The molecule has 0 aromatic carbocycles. The smallest absolute Gasteiger partial charge is 0.309 e. The van der Waals surface area contributed by atoms with E-state index in [9.17, 15) is 23.4 Å². The van der Waals surface area contributed by atoms with Gasteiger partial charge in [0.05, 0.1) is 30.3 Å². The van der Waals surface area contributed by atoms with E-state index >= 15 is 0 Å². The molecule has 0 bridgehead atoms. The summed E-state index contributed by atoms with van der Waals surface area (Å²) in [5.41, 5.74) is 5.39. The van der Waals surface area contributed by atoms with Gasteiger partial charge in [0, 0.05) is 47.6 Å². The van der Waals surface area contributed by atoms with Gasteiger partial charge in [-0.05, 0) is 61.5 Å². The molecule has 2 aliphatic heterocycles. The highest BCUT2D eigenvalue weighted by Crippen LogP contribution is 1.97. The van der Waals surface area contributed by atoms with Gasteiger partial charge >= 0.3 is 11.3 Å². The average molecular weight is 903 g/mol. The molecule has 0 spiro atoms. The molecular formula is C36H66N14O9S2. The summed E-state index contributed by atoms with van der Waals surface area (Å²) in [4.78, 5) is 50.5. The number of nitrogens with zero attached hydrogens (tertiary/aromatic N) is 8. The SMILES string of the molecule is C.C.C.C.C.CC1=CNCC1=O.CC1=NS(=O)ON1.Cc1cc(=O)[nH]n1C.Cc1cc(=O)[nH]o1.Cc1cc(=O)[nH]s1.Cc1ccnn1O.Cc1cncn1O.Cc1ncn[nH]1. The first kappa shape index (κ1) is 63.6. The first-order chi connectivity index (χ1) is 26.4. The number of H-pyrrole nitrogens is 4. The van der Waals surface area contributed by atoms with Gasteiger partial charge in [0.25, 0.3) is 16.7 Å². The molecule has 0 radical (unpaired) electrons. The Morgan fingerprint density at radius 3 is 1.64 bits per heavy atom. The van der Waals surface area contributed by atoms with Crippen molar-refractivity contribution in [1.82, 2.24) is 64.9 Å². The number of imidazole rings is 1. The van der Waals surface area contributed by atoms with Crippen LogP contribution in [-0.2, 0) is 27.4 Å². The molecule has 8 N–H and O–H groups in total. The number of carbonyl (C=O) groups is 1. The molecule has 8 heterocycles. The molecule has 0 saturated carbocycles. The minimum absolute atomic E-state index is 0. The lowest BCUT2D eigenvalue weighted by molar-refractivity contribution is -0.113. The van der Waals surface area contributed by atoms with Crippen LogP contribution in [0.3, 0.4) is 0 Å². The first-order valence-corrected chi connectivity index (χ1v) is 17.8. The van der Waals surface area contributed by atoms with Crippen molar-refractivity contribution >= 4 is 34.4 Å². The van der Waals surface area contributed by atoms with E-state index in [4.69, 9.17) is 10.4 Å². The normalized spacial score (nSPS) is 12.0. The molecule has 61 heavy (non-hydrogen) atoms. The number of rotatable bonds is 0. The van der Waals surface area contributed by atoms with Gasteiger partial charge in [0.15, 0.2) is 5.78 Å². The fraction of sp³-hybridized carbons (Fsp3) is 0.417. The van der Waals surface area contributed by atoms with Gasteiger partial charge in [-0.25, -0.2) is 19.7 Å². The Bertz CT molecular complexity index is 2130. The second-order valence-electron chi connectivity index (χ2n) is 11.0. The van der Waals surface area contributed by atoms with Gasteiger partial charge in [0.2, 0.25) is 0 Å². The zero-order chi connectivity index (χ0) is 42.2. The van der Waals surface area contributed by atoms with Gasteiger partial charge in [-0.2, -0.15) is 19.3 Å². The summed E-state index contributed by atoms with van der Waals surface area (Å²) in [6.45, 7) is 14.8. The van der Waals surface area contributed by atoms with Crippen molar-refractivity contribution in [2.24, 2.45) is 11.4 Å². The van der Waals surface area contributed by atoms with Crippen molar-refractivity contribution in [2.75, 3.05) is 6.54 Å². The van der Waals surface area contributed by atoms with Gasteiger partial charge in [-0.15, -0.1) is 14.3 Å². The number of Topliss-reactive ketones (excluding diaryl/α,β-unsaturated/α-hetero) is 1. The van der Waals surface area contributed by atoms with Gasteiger partial charge < -0.3 is 20.3 Å². The highest BCUT2D eigenvalue weighted by molar-refractivity contribution is 7.79. The van der Waals surface area contributed by atoms with Crippen LogP contribution in [0.2, 0.25) is 0 Å². The zero-order valence-electron chi connectivity index (χ0n) is 32.0. The number of hydrogen-bond donors (Lipinski definition) is 8. The van der Waals surface area contributed by atoms with E-state index in [0.29, 0.717) is 18.1 Å². The lowest BCUT2D eigenvalue weighted by Gasteiger charge is -1.89. The second-order valence-corrected chi connectivity index (χ2v) is 12.8. The van der Waals surface area contributed by atoms with Crippen LogP contribution in [0.4, 0.5) is 0 Å². The number of aromatic amines is 4. The van der Waals surface area contributed by atoms with Crippen molar-refractivity contribution < 1.29 is 28.2 Å². The Morgan fingerprint density at radius 1 is 0.852 bits per heavy atom. The number of nitrogens with one attached hydrogen (secondary N) is 6. The summed E-state index contributed by atoms with van der Waals surface area (Å²) in [7, 11) is 1.80. The molecule has 346 valence electrons. The largest absolute Gasteiger partial charge is 0.427 e. The summed E-state index contributed by atoms with van der Waals surface area (Å²) in [5, 5.41) is 34.4. The monoisotopic (exact) mass is 902 g/mol. The van der Waals surface area contributed by atoms with Crippen LogP contribution in [0.5, 0.6) is 0 Å². The van der Waals surface area contributed by atoms with Crippen molar-refractivity contribution in [3.63, 3.8) is 0 Å². The van der Waals surface area contributed by atoms with Crippen molar-refractivity contribution in [2.45, 2.75) is 92.5 Å². The summed E-state index contributed by atoms with van der Waals surface area (Å²) in [6.07, 6.45) is 7.68. The third kappa shape index (κ3) is 29.3. The summed E-state index contributed by atoms with van der Waals surface area (Å²) in [6, 6.07) is 6.24. The number of amidine groups is 1. The van der Waals surface area contributed by atoms with Gasteiger partial charge in [-0.3, -0.25) is 38.4 Å². The molecule has 1 unspecified atom stereocenters. The highest BCUT2D eigenvalue weighted by Gasteiger charge is 2.07. The summed E-state index contributed by atoms with van der Waals surface area (Å²) < 4.78 is 27.6. The van der Waals surface area contributed by atoms with Crippen LogP contribution in [0, 0.1) is 41.5 Å². The van der Waals surface area contributed by atoms with E-state index < -0.39 is 11.3 Å². The Kier molecular flexibility index (Phi) is 35.7. The Hall–Kier alpha value is -6.60. The molecule has 1 atom stereocenters. The van der Waals surface area contributed by atoms with E-state index in [2.05, 4.69) is 63.9 Å². The van der Waals surface area contributed by atoms with Crippen molar-refractivity contribution in [1.29, 1.82) is 0 Å².